The van der Waals surface area contributed by atoms with Crippen LogP contribution in [0.15, 0.2) is 40.5 Å². The zero-order chi connectivity index (χ0) is 18.0. The highest BCUT2D eigenvalue weighted by atomic mass is 16.3. The van der Waals surface area contributed by atoms with E-state index < -0.39 is 5.41 Å². The summed E-state index contributed by atoms with van der Waals surface area (Å²) in [5, 5.41) is 17.7. The molecule has 1 aliphatic rings. The minimum Gasteiger partial charge on any atom is -0.494 e. The van der Waals surface area contributed by atoms with Gasteiger partial charge in [-0.1, -0.05) is 88.6 Å². The Morgan fingerprint density at radius 1 is 0.960 bits per heavy atom. The Morgan fingerprint density at radius 3 is 2.12 bits per heavy atom. The number of hydrogen-bond donors (Lipinski definition) is 1. The number of nitrogens with zero attached hydrogens (tertiary/aromatic N) is 2. The Kier molecular flexibility index (Phi) is 7.83. The summed E-state index contributed by atoms with van der Waals surface area (Å²) in [5.41, 5.74) is -0.445. The van der Waals surface area contributed by atoms with Crippen LogP contribution in [0.2, 0.25) is 0 Å². The van der Waals surface area contributed by atoms with Crippen molar-refractivity contribution in [3.05, 3.63) is 35.9 Å². The molecule has 1 aromatic carbocycles. The van der Waals surface area contributed by atoms with Gasteiger partial charge in [-0.15, -0.1) is 5.10 Å². The predicted molar refractivity (Wildman–Crippen MR) is 104 cm³/mol. The molecule has 1 aliphatic heterocycles. The smallest absolute Gasteiger partial charge is 0.230 e. The van der Waals surface area contributed by atoms with E-state index in [1.165, 1.54) is 51.2 Å². The van der Waals surface area contributed by atoms with Gasteiger partial charge < -0.3 is 5.11 Å². The number of benzene rings is 1. The highest BCUT2D eigenvalue weighted by molar-refractivity contribution is 6.25. The summed E-state index contributed by atoms with van der Waals surface area (Å²) in [7, 11) is 0. The number of ketones is 1. The summed E-state index contributed by atoms with van der Waals surface area (Å²) in [4.78, 5) is 12.9. The van der Waals surface area contributed by atoms with Gasteiger partial charge in [-0.25, -0.2) is 0 Å². The Balaban J connectivity index is 1.79. The van der Waals surface area contributed by atoms with Crippen molar-refractivity contribution in [2.24, 2.45) is 10.2 Å². The first-order valence-corrected chi connectivity index (χ1v) is 9.62. The van der Waals surface area contributed by atoms with Crippen LogP contribution in [0.25, 0.3) is 0 Å². The van der Waals surface area contributed by atoms with Crippen molar-refractivity contribution in [2.45, 2.75) is 76.5 Å². The molecule has 1 unspecified atom stereocenters. The van der Waals surface area contributed by atoms with E-state index >= 15 is 0 Å². The highest BCUT2D eigenvalue weighted by Crippen LogP contribution is 2.30. The number of unbranched alkanes of at least 4 members (excludes halogenated alkanes) is 8. The second-order valence-corrected chi connectivity index (χ2v) is 6.84. The van der Waals surface area contributed by atoms with Gasteiger partial charge in [0.1, 0.15) is 0 Å². The lowest BCUT2D eigenvalue weighted by Gasteiger charge is -2.23. The Hall–Kier alpha value is -1.97. The van der Waals surface area contributed by atoms with Crippen molar-refractivity contribution in [2.75, 3.05) is 0 Å². The average molecular weight is 342 g/mol. The van der Waals surface area contributed by atoms with E-state index in [2.05, 4.69) is 17.1 Å². The quantitative estimate of drug-likeness (QED) is 0.519. The molecule has 1 heterocycles. The van der Waals surface area contributed by atoms with Gasteiger partial charge in [-0.05, 0) is 12.0 Å². The number of aliphatic hydroxyl groups excluding tert-OH is 1. The van der Waals surface area contributed by atoms with Gasteiger partial charge in [0, 0.05) is 6.42 Å². The third-order valence-electron chi connectivity index (χ3n) is 4.93. The van der Waals surface area contributed by atoms with E-state index in [4.69, 9.17) is 0 Å². The van der Waals surface area contributed by atoms with Gasteiger partial charge in [-0.2, -0.15) is 5.10 Å². The summed E-state index contributed by atoms with van der Waals surface area (Å²) in [5.74, 6) is -0.233. The molecule has 0 fully saturated rings. The van der Waals surface area contributed by atoms with Gasteiger partial charge in [-0.3, -0.25) is 4.79 Å². The van der Waals surface area contributed by atoms with Crippen LogP contribution >= 0.6 is 0 Å². The average Bonchev–Trinajstić information content (AvgIpc) is 3.03. The molecule has 1 atom stereocenters. The summed E-state index contributed by atoms with van der Waals surface area (Å²) in [6.07, 6.45) is 12.8. The van der Waals surface area contributed by atoms with E-state index in [1.807, 2.05) is 30.3 Å². The van der Waals surface area contributed by atoms with E-state index in [-0.39, 0.29) is 11.7 Å². The summed E-state index contributed by atoms with van der Waals surface area (Å²) < 4.78 is 0. The zero-order valence-electron chi connectivity index (χ0n) is 15.3. The van der Waals surface area contributed by atoms with Gasteiger partial charge in [0.05, 0.1) is 6.21 Å². The maximum Gasteiger partial charge on any atom is 0.230 e. The van der Waals surface area contributed by atoms with Crippen molar-refractivity contribution in [3.63, 3.8) is 0 Å². The Morgan fingerprint density at radius 2 is 1.56 bits per heavy atom. The van der Waals surface area contributed by atoms with Crippen LogP contribution in [0.5, 0.6) is 0 Å². The minimum absolute atomic E-state index is 0.0239. The lowest BCUT2D eigenvalue weighted by atomic mass is 9.76. The number of carbonyl (C=O) groups is 1. The fraction of sp³-hybridized carbons (Fsp3) is 0.571. The van der Waals surface area contributed by atoms with Gasteiger partial charge in [0.25, 0.3) is 0 Å². The predicted octanol–water partition coefficient (Wildman–Crippen LogP) is 5.37. The number of aliphatic hydroxyl groups is 1. The maximum absolute atomic E-state index is 12.9. The van der Waals surface area contributed by atoms with E-state index in [0.29, 0.717) is 6.42 Å². The molecule has 1 aromatic rings. The topological polar surface area (TPSA) is 62.0 Å². The van der Waals surface area contributed by atoms with Crippen LogP contribution in [-0.4, -0.2) is 23.0 Å². The first-order chi connectivity index (χ1) is 12.2. The van der Waals surface area contributed by atoms with Crippen LogP contribution in [0.3, 0.4) is 0 Å². The fourth-order valence-electron chi connectivity index (χ4n) is 3.36. The van der Waals surface area contributed by atoms with Crippen LogP contribution in [0, 0.1) is 0 Å². The van der Waals surface area contributed by atoms with Crippen molar-refractivity contribution >= 4 is 17.9 Å². The summed E-state index contributed by atoms with van der Waals surface area (Å²) in [6, 6.07) is 9.31. The van der Waals surface area contributed by atoms with Crippen LogP contribution in [-0.2, 0) is 10.2 Å². The lowest BCUT2D eigenvalue weighted by molar-refractivity contribution is -0.120. The second kappa shape index (κ2) is 10.1. The molecular formula is C21H30N2O2. The molecular weight excluding hydrogens is 312 g/mol. The number of carbonyl (C=O) groups excluding carboxylic acids is 1. The SMILES string of the molecule is CCCCCCCCCCCC(=O)C1(c2ccccc2)C=NN=C1O. The molecule has 0 bridgehead atoms. The maximum atomic E-state index is 12.9. The van der Waals surface area contributed by atoms with Crippen LogP contribution in [0.1, 0.15) is 76.7 Å². The molecule has 4 heteroatoms. The Labute approximate surface area is 151 Å². The van der Waals surface area contributed by atoms with E-state index in [9.17, 15) is 9.90 Å². The number of rotatable bonds is 12. The third-order valence-corrected chi connectivity index (χ3v) is 4.93. The largest absolute Gasteiger partial charge is 0.494 e. The van der Waals surface area contributed by atoms with Crippen molar-refractivity contribution in [1.29, 1.82) is 0 Å². The minimum atomic E-state index is -1.18. The molecule has 2 rings (SSSR count). The molecule has 136 valence electrons. The molecule has 0 spiro atoms. The molecule has 25 heavy (non-hydrogen) atoms. The van der Waals surface area contributed by atoms with E-state index in [0.717, 1.165) is 18.4 Å². The Bertz CT molecular complexity index is 595. The first-order valence-electron chi connectivity index (χ1n) is 9.62. The molecule has 0 saturated heterocycles. The second-order valence-electron chi connectivity index (χ2n) is 6.84. The zero-order valence-corrected chi connectivity index (χ0v) is 15.3. The third kappa shape index (κ3) is 5.00. The normalized spacial score (nSPS) is 19.2. The van der Waals surface area contributed by atoms with Crippen molar-refractivity contribution < 1.29 is 9.90 Å². The van der Waals surface area contributed by atoms with Crippen molar-refractivity contribution in [1.82, 2.24) is 0 Å². The van der Waals surface area contributed by atoms with E-state index in [1.54, 1.807) is 0 Å². The van der Waals surface area contributed by atoms with Crippen LogP contribution < -0.4 is 0 Å². The molecule has 0 amide bonds. The standard InChI is InChI=1S/C21H30N2O2/c1-2-3-4-5-6-7-8-9-13-16-19(24)21(17-22-23-20(21)25)18-14-11-10-12-15-18/h10-12,14-15,17H,2-9,13,16H2,1H3,(H,23,25). The summed E-state index contributed by atoms with van der Waals surface area (Å²) in [6.45, 7) is 2.23. The monoisotopic (exact) mass is 342 g/mol. The van der Waals surface area contributed by atoms with Crippen molar-refractivity contribution in [3.8, 4) is 0 Å². The fourth-order valence-corrected chi connectivity index (χ4v) is 3.36. The van der Waals surface area contributed by atoms with Crippen LogP contribution in [0.4, 0.5) is 0 Å². The van der Waals surface area contributed by atoms with Gasteiger partial charge in [0.15, 0.2) is 11.2 Å². The molecule has 1 N–H and O–H groups in total. The molecule has 0 radical (unpaired) electrons. The number of hydrogen-bond acceptors (Lipinski definition) is 3. The molecule has 4 nitrogen and oxygen atoms in total. The van der Waals surface area contributed by atoms with Gasteiger partial charge >= 0.3 is 0 Å². The molecule has 0 saturated carbocycles. The summed E-state index contributed by atoms with van der Waals surface area (Å²) >= 11 is 0. The first kappa shape index (κ1) is 19.4. The van der Waals surface area contributed by atoms with Gasteiger partial charge in [0.2, 0.25) is 5.90 Å². The number of Topliss-reactive ketones (excluding diaryl/α,β-unsaturated/α-hetero) is 1. The molecule has 0 aliphatic carbocycles. The highest BCUT2D eigenvalue weighted by Gasteiger charge is 2.46. The lowest BCUT2D eigenvalue weighted by Crippen LogP contribution is -2.43. The molecule has 0 aromatic heterocycles.